The lowest BCUT2D eigenvalue weighted by Crippen LogP contribution is -2.12. The van der Waals surface area contributed by atoms with Gasteiger partial charge in [0, 0.05) is 10.6 Å². The molecule has 1 N–H and O–H groups in total. The Balaban J connectivity index is 2.19. The fourth-order valence-electron chi connectivity index (χ4n) is 1.43. The topological polar surface area (TPSA) is 52.0 Å². The van der Waals surface area contributed by atoms with Crippen molar-refractivity contribution in [1.29, 1.82) is 0 Å². The fourth-order valence-corrected chi connectivity index (χ4v) is 2.05. The minimum atomic E-state index is 0.487. The van der Waals surface area contributed by atoms with Gasteiger partial charge in [-0.25, -0.2) is 4.68 Å². The van der Waals surface area contributed by atoms with Crippen molar-refractivity contribution in [3.8, 4) is 5.75 Å². The van der Waals surface area contributed by atoms with Crippen molar-refractivity contribution < 1.29 is 4.74 Å². The highest BCUT2D eigenvalue weighted by Crippen LogP contribution is 2.32. The largest absolute Gasteiger partial charge is 0.495 e. The molecule has 0 saturated carbocycles. The summed E-state index contributed by atoms with van der Waals surface area (Å²) in [5, 5.41) is 8.41. The summed E-state index contributed by atoms with van der Waals surface area (Å²) in [5.74, 6) is 0.608. The van der Waals surface area contributed by atoms with E-state index in [0.717, 1.165) is 5.56 Å². The summed E-state index contributed by atoms with van der Waals surface area (Å²) in [5.41, 5.74) is 3.92. The maximum atomic E-state index is 6.03. The van der Waals surface area contributed by atoms with Gasteiger partial charge >= 0.3 is 0 Å². The molecule has 0 saturated heterocycles. The van der Waals surface area contributed by atoms with Crippen LogP contribution in [0.3, 0.4) is 0 Å². The number of aromatic nitrogens is 3. The van der Waals surface area contributed by atoms with E-state index in [1.54, 1.807) is 36.6 Å². The SMILES string of the molecule is COc1c(Cl)cc(Cl)cc1CNn1cnnc1. The molecule has 0 unspecified atom stereocenters. The van der Waals surface area contributed by atoms with E-state index in [-0.39, 0.29) is 0 Å². The van der Waals surface area contributed by atoms with Gasteiger partial charge in [-0.1, -0.05) is 23.2 Å². The molecule has 2 rings (SSSR count). The van der Waals surface area contributed by atoms with Crippen LogP contribution in [-0.2, 0) is 6.54 Å². The molecular weight excluding hydrogens is 263 g/mol. The van der Waals surface area contributed by atoms with E-state index in [1.807, 2.05) is 0 Å². The Labute approximate surface area is 108 Å². The Hall–Kier alpha value is -1.46. The third kappa shape index (κ3) is 2.81. The predicted molar refractivity (Wildman–Crippen MR) is 66.1 cm³/mol. The summed E-state index contributed by atoms with van der Waals surface area (Å²) in [7, 11) is 1.57. The highest BCUT2D eigenvalue weighted by Gasteiger charge is 2.09. The van der Waals surface area contributed by atoms with Gasteiger partial charge in [-0.3, -0.25) is 0 Å². The number of nitrogens with zero attached hydrogens (tertiary/aromatic N) is 3. The van der Waals surface area contributed by atoms with Gasteiger partial charge in [-0.05, 0) is 12.1 Å². The van der Waals surface area contributed by atoms with Crippen molar-refractivity contribution in [2.75, 3.05) is 12.5 Å². The zero-order valence-corrected chi connectivity index (χ0v) is 10.5. The summed E-state index contributed by atoms with van der Waals surface area (Å²) < 4.78 is 6.86. The number of rotatable bonds is 4. The summed E-state index contributed by atoms with van der Waals surface area (Å²) in [4.78, 5) is 0. The number of hydrogen-bond acceptors (Lipinski definition) is 4. The first-order valence-electron chi connectivity index (χ1n) is 4.81. The predicted octanol–water partition coefficient (Wildman–Crippen LogP) is 2.34. The van der Waals surface area contributed by atoms with E-state index in [1.165, 1.54) is 0 Å². The van der Waals surface area contributed by atoms with Gasteiger partial charge in [-0.2, -0.15) is 0 Å². The first kappa shape index (κ1) is 12.0. The third-order valence-corrected chi connectivity index (χ3v) is 2.66. The molecule has 0 bridgehead atoms. The lowest BCUT2D eigenvalue weighted by molar-refractivity contribution is 0.410. The van der Waals surface area contributed by atoms with Crippen LogP contribution in [0.25, 0.3) is 0 Å². The van der Waals surface area contributed by atoms with Gasteiger partial charge in [0.25, 0.3) is 0 Å². The second kappa shape index (κ2) is 5.25. The summed E-state index contributed by atoms with van der Waals surface area (Å²) in [6.07, 6.45) is 3.11. The van der Waals surface area contributed by atoms with Crippen LogP contribution < -0.4 is 10.2 Å². The summed E-state index contributed by atoms with van der Waals surface area (Å²) in [6.45, 7) is 0.501. The van der Waals surface area contributed by atoms with Gasteiger partial charge in [-0.15, -0.1) is 10.2 Å². The van der Waals surface area contributed by atoms with E-state index >= 15 is 0 Å². The second-order valence-electron chi connectivity index (χ2n) is 3.28. The van der Waals surface area contributed by atoms with Crippen molar-refractivity contribution in [2.45, 2.75) is 6.54 Å². The normalized spacial score (nSPS) is 10.3. The Bertz CT molecular complexity index is 501. The van der Waals surface area contributed by atoms with E-state index in [0.29, 0.717) is 22.3 Å². The molecule has 0 aliphatic carbocycles. The molecule has 17 heavy (non-hydrogen) atoms. The maximum Gasteiger partial charge on any atom is 0.142 e. The molecule has 5 nitrogen and oxygen atoms in total. The number of hydrogen-bond donors (Lipinski definition) is 1. The zero-order chi connectivity index (χ0) is 12.3. The van der Waals surface area contributed by atoms with Crippen molar-refractivity contribution >= 4 is 23.2 Å². The molecule has 0 radical (unpaired) electrons. The molecule has 7 heteroatoms. The first-order valence-corrected chi connectivity index (χ1v) is 5.56. The van der Waals surface area contributed by atoms with Gasteiger partial charge in [0.1, 0.15) is 18.4 Å². The average molecular weight is 273 g/mol. The molecular formula is C10H10Cl2N4O. The highest BCUT2D eigenvalue weighted by atomic mass is 35.5. The quantitative estimate of drug-likeness (QED) is 0.928. The lowest BCUT2D eigenvalue weighted by atomic mass is 10.2. The first-order chi connectivity index (χ1) is 8.20. The smallest absolute Gasteiger partial charge is 0.142 e. The standard InChI is InChI=1S/C10H10Cl2N4O/c1-17-10-7(2-8(11)3-9(10)12)4-15-16-5-13-14-6-16/h2-3,5-6,15H,4H2,1H3. The number of ether oxygens (including phenoxy) is 1. The summed E-state index contributed by atoms with van der Waals surface area (Å²) in [6, 6.07) is 3.44. The van der Waals surface area contributed by atoms with E-state index < -0.39 is 0 Å². The van der Waals surface area contributed by atoms with E-state index in [2.05, 4.69) is 15.6 Å². The Morgan fingerprint density at radius 3 is 2.65 bits per heavy atom. The molecule has 0 aliphatic rings. The van der Waals surface area contributed by atoms with Crippen molar-refractivity contribution in [2.24, 2.45) is 0 Å². The third-order valence-electron chi connectivity index (χ3n) is 2.16. The monoisotopic (exact) mass is 272 g/mol. The molecule has 0 fully saturated rings. The van der Waals surface area contributed by atoms with Crippen LogP contribution in [0.15, 0.2) is 24.8 Å². The average Bonchev–Trinajstić information content (AvgIpc) is 2.78. The van der Waals surface area contributed by atoms with E-state index in [9.17, 15) is 0 Å². The fraction of sp³-hybridized carbons (Fsp3) is 0.200. The second-order valence-corrected chi connectivity index (χ2v) is 4.13. The number of benzene rings is 1. The van der Waals surface area contributed by atoms with Crippen LogP contribution in [-0.4, -0.2) is 22.0 Å². The summed E-state index contributed by atoms with van der Waals surface area (Å²) >= 11 is 12.0. The Kier molecular flexibility index (Phi) is 3.71. The lowest BCUT2D eigenvalue weighted by Gasteiger charge is -2.12. The Morgan fingerprint density at radius 2 is 2.00 bits per heavy atom. The van der Waals surface area contributed by atoms with Crippen LogP contribution in [0.2, 0.25) is 10.0 Å². The van der Waals surface area contributed by atoms with Crippen LogP contribution in [0.5, 0.6) is 5.75 Å². The molecule has 0 spiro atoms. The molecule has 0 amide bonds. The molecule has 90 valence electrons. The zero-order valence-electron chi connectivity index (χ0n) is 9.02. The highest BCUT2D eigenvalue weighted by molar-refractivity contribution is 6.35. The number of nitrogens with one attached hydrogen (secondary N) is 1. The number of methoxy groups -OCH3 is 1. The van der Waals surface area contributed by atoms with Crippen LogP contribution in [0.4, 0.5) is 0 Å². The van der Waals surface area contributed by atoms with Crippen LogP contribution in [0, 0.1) is 0 Å². The van der Waals surface area contributed by atoms with Gasteiger partial charge < -0.3 is 10.2 Å². The molecule has 1 heterocycles. The molecule has 0 aliphatic heterocycles. The van der Waals surface area contributed by atoms with Gasteiger partial charge in [0.05, 0.1) is 18.7 Å². The van der Waals surface area contributed by atoms with E-state index in [4.69, 9.17) is 27.9 Å². The van der Waals surface area contributed by atoms with Crippen LogP contribution >= 0.6 is 23.2 Å². The minimum absolute atomic E-state index is 0.487. The van der Waals surface area contributed by atoms with Gasteiger partial charge in [0.2, 0.25) is 0 Å². The van der Waals surface area contributed by atoms with Crippen molar-refractivity contribution in [1.82, 2.24) is 14.9 Å². The maximum absolute atomic E-state index is 6.03. The van der Waals surface area contributed by atoms with Crippen molar-refractivity contribution in [3.05, 3.63) is 40.4 Å². The van der Waals surface area contributed by atoms with Crippen LogP contribution in [0.1, 0.15) is 5.56 Å². The molecule has 1 aromatic heterocycles. The Morgan fingerprint density at radius 1 is 1.29 bits per heavy atom. The minimum Gasteiger partial charge on any atom is -0.495 e. The molecule has 1 aromatic carbocycles. The molecule has 2 aromatic rings. The van der Waals surface area contributed by atoms with Crippen molar-refractivity contribution in [3.63, 3.8) is 0 Å². The van der Waals surface area contributed by atoms with Gasteiger partial charge in [0.15, 0.2) is 0 Å². The molecule has 0 atom stereocenters. The number of halogens is 2.